The van der Waals surface area contributed by atoms with Crippen LogP contribution >= 0.6 is 0 Å². The van der Waals surface area contributed by atoms with Crippen molar-refractivity contribution in [1.29, 1.82) is 0 Å². The standard InChI is InChI=1S/C4H6O2.C4H10.C2H6/c5-4-2-1-3-6-4;1-4(2)3;1-2/h1-3H2;4H,1-3H3;1-2H3. The predicted octanol–water partition coefficient (Wildman–Crippen LogP) is 3.01. The molecule has 0 unspecified atom stereocenters. The smallest absolute Gasteiger partial charge is 0.305 e. The summed E-state index contributed by atoms with van der Waals surface area (Å²) < 4.78 is 4.51. The van der Waals surface area contributed by atoms with E-state index in [0.29, 0.717) is 13.0 Å². The van der Waals surface area contributed by atoms with E-state index in [4.69, 9.17) is 0 Å². The largest absolute Gasteiger partial charge is 0.466 e. The second-order valence-electron chi connectivity index (χ2n) is 3.06. The van der Waals surface area contributed by atoms with Crippen molar-refractivity contribution in [3.05, 3.63) is 0 Å². The van der Waals surface area contributed by atoms with E-state index in [2.05, 4.69) is 25.5 Å². The van der Waals surface area contributed by atoms with E-state index >= 15 is 0 Å². The summed E-state index contributed by atoms with van der Waals surface area (Å²) in [5.41, 5.74) is 0. The quantitative estimate of drug-likeness (QED) is 0.528. The fraction of sp³-hybridized carbons (Fsp3) is 0.900. The Morgan fingerprint density at radius 3 is 1.75 bits per heavy atom. The Labute approximate surface area is 76.3 Å². The number of ether oxygens (including phenoxy) is 1. The molecular formula is C10H22O2. The third-order valence-corrected chi connectivity index (χ3v) is 0.788. The molecule has 1 heterocycles. The van der Waals surface area contributed by atoms with Gasteiger partial charge in [-0.3, -0.25) is 4.79 Å². The Bertz CT molecular complexity index is 87.3. The number of carbonyl (C=O) groups is 1. The molecule has 0 saturated carbocycles. The lowest BCUT2D eigenvalue weighted by molar-refractivity contribution is -0.137. The molecule has 0 bridgehead atoms. The van der Waals surface area contributed by atoms with Gasteiger partial charge in [-0.1, -0.05) is 34.6 Å². The van der Waals surface area contributed by atoms with Gasteiger partial charge in [0.05, 0.1) is 6.61 Å². The van der Waals surface area contributed by atoms with Crippen LogP contribution in [-0.2, 0) is 9.53 Å². The van der Waals surface area contributed by atoms with Gasteiger partial charge in [0.25, 0.3) is 0 Å². The summed E-state index contributed by atoms with van der Waals surface area (Å²) in [6.07, 6.45) is 1.54. The van der Waals surface area contributed by atoms with Gasteiger partial charge < -0.3 is 4.74 Å². The van der Waals surface area contributed by atoms with Gasteiger partial charge in [-0.05, 0) is 12.3 Å². The fourth-order valence-corrected chi connectivity index (χ4v) is 0.475. The molecule has 0 aromatic rings. The summed E-state index contributed by atoms with van der Waals surface area (Å²) in [6, 6.07) is 0. The molecule has 1 rings (SSSR count). The second-order valence-corrected chi connectivity index (χ2v) is 3.06. The van der Waals surface area contributed by atoms with Gasteiger partial charge in [0.15, 0.2) is 0 Å². The molecule has 0 aromatic heterocycles. The molecule has 0 radical (unpaired) electrons. The van der Waals surface area contributed by atoms with Crippen molar-refractivity contribution >= 4 is 5.97 Å². The molecule has 2 nitrogen and oxygen atoms in total. The highest BCUT2D eigenvalue weighted by molar-refractivity contribution is 5.70. The Morgan fingerprint density at radius 2 is 1.67 bits per heavy atom. The minimum absolute atomic E-state index is 0.0463. The molecule has 1 fully saturated rings. The van der Waals surface area contributed by atoms with E-state index in [1.54, 1.807) is 0 Å². The molecule has 1 aliphatic heterocycles. The molecular weight excluding hydrogens is 152 g/mol. The zero-order chi connectivity index (χ0) is 9.98. The number of hydrogen-bond donors (Lipinski definition) is 0. The van der Waals surface area contributed by atoms with Crippen LogP contribution in [0.25, 0.3) is 0 Å². The lowest BCUT2D eigenvalue weighted by Gasteiger charge is -1.81. The number of esters is 1. The molecule has 0 aliphatic carbocycles. The van der Waals surface area contributed by atoms with Crippen LogP contribution < -0.4 is 0 Å². The number of cyclic esters (lactones) is 1. The molecule has 2 heteroatoms. The van der Waals surface area contributed by atoms with Crippen LogP contribution in [0.2, 0.25) is 0 Å². The van der Waals surface area contributed by atoms with Crippen molar-refractivity contribution < 1.29 is 9.53 Å². The average molecular weight is 174 g/mol. The van der Waals surface area contributed by atoms with Gasteiger partial charge in [0.2, 0.25) is 0 Å². The monoisotopic (exact) mass is 174 g/mol. The van der Waals surface area contributed by atoms with E-state index < -0.39 is 0 Å². The van der Waals surface area contributed by atoms with E-state index in [1.165, 1.54) is 0 Å². The van der Waals surface area contributed by atoms with E-state index in [1.807, 2.05) is 13.8 Å². The Kier molecular flexibility index (Phi) is 12.2. The molecule has 0 spiro atoms. The van der Waals surface area contributed by atoms with Crippen molar-refractivity contribution in [2.75, 3.05) is 6.61 Å². The number of carbonyl (C=O) groups excluding carboxylic acids is 1. The molecule has 0 amide bonds. The first-order valence-corrected chi connectivity index (χ1v) is 4.78. The van der Waals surface area contributed by atoms with Gasteiger partial charge >= 0.3 is 5.97 Å². The maximum Gasteiger partial charge on any atom is 0.305 e. The van der Waals surface area contributed by atoms with Crippen LogP contribution in [0.3, 0.4) is 0 Å². The van der Waals surface area contributed by atoms with Crippen LogP contribution in [-0.4, -0.2) is 12.6 Å². The molecule has 1 aliphatic rings. The van der Waals surface area contributed by atoms with Crippen LogP contribution in [0.4, 0.5) is 0 Å². The first kappa shape index (κ1) is 14.0. The molecule has 0 atom stereocenters. The summed E-state index contributed by atoms with van der Waals surface area (Å²) >= 11 is 0. The first-order valence-electron chi connectivity index (χ1n) is 4.78. The first-order chi connectivity index (χ1) is 5.63. The average Bonchev–Trinajstić information content (AvgIpc) is 2.43. The molecule has 12 heavy (non-hydrogen) atoms. The number of rotatable bonds is 0. The lowest BCUT2D eigenvalue weighted by Crippen LogP contribution is -1.88. The molecule has 0 N–H and O–H groups in total. The predicted molar refractivity (Wildman–Crippen MR) is 52.1 cm³/mol. The van der Waals surface area contributed by atoms with Crippen molar-refractivity contribution in [1.82, 2.24) is 0 Å². The normalized spacial score (nSPS) is 14.0. The number of hydrogen-bond acceptors (Lipinski definition) is 2. The highest BCUT2D eigenvalue weighted by Crippen LogP contribution is 2.01. The van der Waals surface area contributed by atoms with E-state index in [0.717, 1.165) is 12.3 Å². The molecule has 1 saturated heterocycles. The third-order valence-electron chi connectivity index (χ3n) is 0.788. The molecule has 0 aromatic carbocycles. The summed E-state index contributed by atoms with van der Waals surface area (Å²) in [7, 11) is 0. The summed E-state index contributed by atoms with van der Waals surface area (Å²) in [6.45, 7) is 11.1. The topological polar surface area (TPSA) is 26.3 Å². The van der Waals surface area contributed by atoms with Crippen LogP contribution in [0.5, 0.6) is 0 Å². The maximum absolute atomic E-state index is 10.0. The minimum Gasteiger partial charge on any atom is -0.466 e. The Balaban J connectivity index is 0. The van der Waals surface area contributed by atoms with Crippen molar-refractivity contribution in [2.24, 2.45) is 5.92 Å². The zero-order valence-electron chi connectivity index (χ0n) is 9.02. The van der Waals surface area contributed by atoms with Gasteiger partial charge in [0.1, 0.15) is 0 Å². The fourth-order valence-electron chi connectivity index (χ4n) is 0.475. The van der Waals surface area contributed by atoms with Crippen LogP contribution in [0, 0.1) is 5.92 Å². The second kappa shape index (κ2) is 10.5. The Hall–Kier alpha value is -0.530. The summed E-state index contributed by atoms with van der Waals surface area (Å²) in [5, 5.41) is 0. The van der Waals surface area contributed by atoms with Gasteiger partial charge in [-0.25, -0.2) is 0 Å². The maximum atomic E-state index is 10.0. The van der Waals surface area contributed by atoms with Gasteiger partial charge in [-0.15, -0.1) is 0 Å². The van der Waals surface area contributed by atoms with Gasteiger partial charge in [-0.2, -0.15) is 0 Å². The van der Waals surface area contributed by atoms with Crippen molar-refractivity contribution in [2.45, 2.75) is 47.5 Å². The summed E-state index contributed by atoms with van der Waals surface area (Å²) in [5.74, 6) is 0.787. The SMILES string of the molecule is CC.CC(C)C.O=C1CCCO1. The lowest BCUT2D eigenvalue weighted by atomic mass is 10.3. The van der Waals surface area contributed by atoms with Crippen LogP contribution in [0.15, 0.2) is 0 Å². The zero-order valence-corrected chi connectivity index (χ0v) is 9.02. The van der Waals surface area contributed by atoms with Gasteiger partial charge in [0, 0.05) is 6.42 Å². The van der Waals surface area contributed by atoms with Crippen molar-refractivity contribution in [3.8, 4) is 0 Å². The van der Waals surface area contributed by atoms with Crippen LogP contribution in [0.1, 0.15) is 47.5 Å². The highest BCUT2D eigenvalue weighted by atomic mass is 16.5. The third kappa shape index (κ3) is 16.2. The van der Waals surface area contributed by atoms with E-state index in [-0.39, 0.29) is 5.97 Å². The van der Waals surface area contributed by atoms with Crippen molar-refractivity contribution in [3.63, 3.8) is 0 Å². The highest BCUT2D eigenvalue weighted by Gasteiger charge is 2.08. The summed E-state index contributed by atoms with van der Waals surface area (Å²) in [4.78, 5) is 10.0. The Morgan fingerprint density at radius 1 is 1.25 bits per heavy atom. The van der Waals surface area contributed by atoms with E-state index in [9.17, 15) is 4.79 Å². The molecule has 74 valence electrons. The minimum atomic E-state index is -0.0463.